The molecule has 2 aromatic carbocycles. The van der Waals surface area contributed by atoms with Gasteiger partial charge in [-0.05, 0) is 23.8 Å². The molecule has 0 heterocycles. The molecule has 3 N–H and O–H groups in total. The predicted molar refractivity (Wildman–Crippen MR) is 81.0 cm³/mol. The summed E-state index contributed by atoms with van der Waals surface area (Å²) in [7, 11) is 0. The van der Waals surface area contributed by atoms with Crippen molar-refractivity contribution in [1.29, 1.82) is 0 Å². The lowest BCUT2D eigenvalue weighted by molar-refractivity contribution is -0.143. The number of fused-ring (bicyclic) bond motifs is 1. The Morgan fingerprint density at radius 2 is 2.00 bits per heavy atom. The van der Waals surface area contributed by atoms with Gasteiger partial charge >= 0.3 is 5.97 Å². The lowest BCUT2D eigenvalue weighted by atomic mass is 9.96. The number of halogens is 1. The van der Waals surface area contributed by atoms with E-state index in [4.69, 9.17) is 10.5 Å². The highest BCUT2D eigenvalue weighted by Gasteiger charge is 2.18. The van der Waals surface area contributed by atoms with E-state index in [9.17, 15) is 9.90 Å². The van der Waals surface area contributed by atoms with Crippen molar-refractivity contribution in [2.75, 3.05) is 6.61 Å². The molecule has 0 aliphatic carbocycles. The summed E-state index contributed by atoms with van der Waals surface area (Å²) in [5.74, 6) is -0.252. The molecule has 0 aromatic heterocycles. The standard InChI is InChI=1S/C15H17NO3.ClH/c1-2-19-14(18)9-12(16)15-11-6-4-3-5-10(11)7-8-13(15)17;/h3-8,12,17H,2,9,16H2,1H3;1H/t12-;/m0./s1. The van der Waals surface area contributed by atoms with Crippen LogP contribution in [0.25, 0.3) is 10.8 Å². The van der Waals surface area contributed by atoms with Crippen molar-refractivity contribution in [2.45, 2.75) is 19.4 Å². The minimum Gasteiger partial charge on any atom is -0.508 e. The second-order valence-electron chi connectivity index (χ2n) is 4.34. The fourth-order valence-corrected chi connectivity index (χ4v) is 2.18. The summed E-state index contributed by atoms with van der Waals surface area (Å²) in [4.78, 5) is 11.5. The molecule has 108 valence electrons. The van der Waals surface area contributed by atoms with Crippen LogP contribution in [0.5, 0.6) is 5.75 Å². The van der Waals surface area contributed by atoms with Gasteiger partial charge in [0.05, 0.1) is 13.0 Å². The minimum absolute atomic E-state index is 0. The average Bonchev–Trinajstić information content (AvgIpc) is 2.38. The molecule has 2 aromatic rings. The number of phenols is 1. The number of nitrogens with two attached hydrogens (primary N) is 1. The summed E-state index contributed by atoms with van der Waals surface area (Å²) in [5, 5.41) is 11.8. The van der Waals surface area contributed by atoms with Crippen molar-refractivity contribution in [3.05, 3.63) is 42.0 Å². The highest BCUT2D eigenvalue weighted by atomic mass is 35.5. The van der Waals surface area contributed by atoms with Crippen LogP contribution in [0.1, 0.15) is 24.9 Å². The first-order valence-corrected chi connectivity index (χ1v) is 6.25. The van der Waals surface area contributed by atoms with Crippen molar-refractivity contribution >= 4 is 29.1 Å². The number of esters is 1. The fourth-order valence-electron chi connectivity index (χ4n) is 2.18. The minimum atomic E-state index is -0.579. The zero-order valence-corrected chi connectivity index (χ0v) is 12.0. The molecule has 0 radical (unpaired) electrons. The maximum Gasteiger partial charge on any atom is 0.307 e. The quantitative estimate of drug-likeness (QED) is 0.851. The number of hydrogen-bond acceptors (Lipinski definition) is 4. The summed E-state index contributed by atoms with van der Waals surface area (Å²) in [5.41, 5.74) is 6.62. The van der Waals surface area contributed by atoms with Crippen LogP contribution in [0.3, 0.4) is 0 Å². The van der Waals surface area contributed by atoms with Gasteiger partial charge in [0.25, 0.3) is 0 Å². The molecule has 0 aliphatic rings. The number of rotatable bonds is 4. The van der Waals surface area contributed by atoms with Crippen LogP contribution < -0.4 is 5.73 Å². The van der Waals surface area contributed by atoms with Gasteiger partial charge in [0.2, 0.25) is 0 Å². The molecular weight excluding hydrogens is 278 g/mol. The van der Waals surface area contributed by atoms with Gasteiger partial charge in [-0.25, -0.2) is 0 Å². The van der Waals surface area contributed by atoms with E-state index in [1.54, 1.807) is 13.0 Å². The Bertz CT molecular complexity index is 601. The number of carbonyl (C=O) groups excluding carboxylic acids is 1. The predicted octanol–water partition coefficient (Wildman–Crippen LogP) is 2.92. The maximum absolute atomic E-state index is 11.5. The van der Waals surface area contributed by atoms with Gasteiger partial charge < -0.3 is 15.6 Å². The Labute approximate surface area is 124 Å². The first-order chi connectivity index (χ1) is 9.13. The van der Waals surface area contributed by atoms with E-state index in [0.29, 0.717) is 12.2 Å². The molecule has 2 rings (SSSR count). The normalized spacial score (nSPS) is 11.7. The van der Waals surface area contributed by atoms with Crippen LogP contribution in [0.15, 0.2) is 36.4 Å². The lowest BCUT2D eigenvalue weighted by Crippen LogP contribution is -2.17. The molecule has 1 atom stereocenters. The molecule has 0 bridgehead atoms. The number of ether oxygens (including phenoxy) is 1. The lowest BCUT2D eigenvalue weighted by Gasteiger charge is -2.15. The molecule has 4 nitrogen and oxygen atoms in total. The van der Waals surface area contributed by atoms with Crippen LogP contribution in [0.2, 0.25) is 0 Å². The van der Waals surface area contributed by atoms with Gasteiger partial charge in [-0.15, -0.1) is 12.4 Å². The zero-order valence-electron chi connectivity index (χ0n) is 11.2. The van der Waals surface area contributed by atoms with Gasteiger partial charge in [0, 0.05) is 11.6 Å². The first-order valence-electron chi connectivity index (χ1n) is 6.25. The van der Waals surface area contributed by atoms with Crippen LogP contribution in [0.4, 0.5) is 0 Å². The highest BCUT2D eigenvalue weighted by molar-refractivity contribution is 5.88. The van der Waals surface area contributed by atoms with Crippen LogP contribution in [-0.2, 0) is 9.53 Å². The Hall–Kier alpha value is -1.78. The number of aromatic hydroxyl groups is 1. The molecule has 0 unspecified atom stereocenters. The molecule has 0 amide bonds. The number of hydrogen-bond donors (Lipinski definition) is 2. The van der Waals surface area contributed by atoms with Crippen molar-refractivity contribution in [3.8, 4) is 5.75 Å². The van der Waals surface area contributed by atoms with Gasteiger partial charge in [0.15, 0.2) is 0 Å². The van der Waals surface area contributed by atoms with Gasteiger partial charge in [-0.1, -0.05) is 30.3 Å². The number of benzene rings is 2. The molecule has 0 saturated heterocycles. The van der Waals surface area contributed by atoms with E-state index in [1.165, 1.54) is 0 Å². The van der Waals surface area contributed by atoms with E-state index < -0.39 is 6.04 Å². The average molecular weight is 296 g/mol. The van der Waals surface area contributed by atoms with Crippen LogP contribution in [-0.4, -0.2) is 17.7 Å². The highest BCUT2D eigenvalue weighted by Crippen LogP contribution is 2.32. The monoisotopic (exact) mass is 295 g/mol. The Morgan fingerprint density at radius 3 is 2.70 bits per heavy atom. The third-order valence-corrected chi connectivity index (χ3v) is 3.01. The summed E-state index contributed by atoms with van der Waals surface area (Å²) in [6, 6.07) is 10.5. The van der Waals surface area contributed by atoms with Crippen molar-refractivity contribution in [2.24, 2.45) is 5.73 Å². The van der Waals surface area contributed by atoms with Gasteiger partial charge in [-0.2, -0.15) is 0 Å². The SMILES string of the molecule is CCOC(=O)C[C@H](N)c1c(O)ccc2ccccc12.Cl. The Balaban J connectivity index is 0.00000200. The van der Waals surface area contributed by atoms with Crippen LogP contribution in [0, 0.1) is 0 Å². The van der Waals surface area contributed by atoms with Crippen LogP contribution >= 0.6 is 12.4 Å². The number of carbonyl (C=O) groups is 1. The molecule has 0 aliphatic heterocycles. The van der Waals surface area contributed by atoms with Crippen molar-refractivity contribution in [1.82, 2.24) is 0 Å². The molecular formula is C15H18ClNO3. The summed E-state index contributed by atoms with van der Waals surface area (Å²) < 4.78 is 4.89. The molecule has 0 spiro atoms. The van der Waals surface area contributed by atoms with Crippen molar-refractivity contribution < 1.29 is 14.6 Å². The second kappa shape index (κ2) is 7.12. The van der Waals surface area contributed by atoms with E-state index >= 15 is 0 Å². The molecule has 0 saturated carbocycles. The van der Waals surface area contributed by atoms with Crippen molar-refractivity contribution in [3.63, 3.8) is 0 Å². The molecule has 0 fully saturated rings. The Morgan fingerprint density at radius 1 is 1.30 bits per heavy atom. The third kappa shape index (κ3) is 3.40. The second-order valence-corrected chi connectivity index (χ2v) is 4.34. The van der Waals surface area contributed by atoms with E-state index in [-0.39, 0.29) is 30.5 Å². The van der Waals surface area contributed by atoms with E-state index in [1.807, 2.05) is 30.3 Å². The fraction of sp³-hybridized carbons (Fsp3) is 0.267. The Kier molecular flexibility index (Phi) is 5.80. The number of phenolic OH excluding ortho intramolecular Hbond substituents is 1. The third-order valence-electron chi connectivity index (χ3n) is 3.01. The summed E-state index contributed by atoms with van der Waals surface area (Å²) >= 11 is 0. The summed E-state index contributed by atoms with van der Waals surface area (Å²) in [6.07, 6.45) is 0.0510. The smallest absolute Gasteiger partial charge is 0.307 e. The summed E-state index contributed by atoms with van der Waals surface area (Å²) in [6.45, 7) is 2.08. The van der Waals surface area contributed by atoms with Gasteiger partial charge in [0.1, 0.15) is 5.75 Å². The first kappa shape index (κ1) is 16.3. The van der Waals surface area contributed by atoms with E-state index in [0.717, 1.165) is 10.8 Å². The van der Waals surface area contributed by atoms with E-state index in [2.05, 4.69) is 0 Å². The zero-order chi connectivity index (χ0) is 13.8. The molecule has 5 heteroatoms. The largest absolute Gasteiger partial charge is 0.508 e. The molecule has 20 heavy (non-hydrogen) atoms. The topological polar surface area (TPSA) is 72.5 Å². The van der Waals surface area contributed by atoms with Gasteiger partial charge in [-0.3, -0.25) is 4.79 Å². The maximum atomic E-state index is 11.5.